The van der Waals surface area contributed by atoms with E-state index in [1.807, 2.05) is 45.1 Å². The summed E-state index contributed by atoms with van der Waals surface area (Å²) in [6.45, 7) is 8.05. The number of nitrogens with zero attached hydrogens (tertiary/aromatic N) is 2. The van der Waals surface area contributed by atoms with Crippen molar-refractivity contribution in [1.82, 2.24) is 4.90 Å². The maximum absolute atomic E-state index is 12.2. The Balaban J connectivity index is 0.00000100. The van der Waals surface area contributed by atoms with Gasteiger partial charge in [-0.25, -0.2) is 0 Å². The number of nitrogens with one attached hydrogen (secondary N) is 2. The molecule has 0 aromatic heterocycles. The van der Waals surface area contributed by atoms with E-state index in [0.29, 0.717) is 12.7 Å². The Kier molecular flexibility index (Phi) is 10.0. The fraction of sp³-hybridized carbons (Fsp3) is 0.370. The molecule has 8 nitrogen and oxygen atoms in total. The van der Waals surface area contributed by atoms with E-state index >= 15 is 0 Å². The molecule has 0 spiro atoms. The zero-order chi connectivity index (χ0) is 26.1. The van der Waals surface area contributed by atoms with Crippen LogP contribution in [0, 0.1) is 0 Å². The van der Waals surface area contributed by atoms with Crippen LogP contribution in [0.2, 0.25) is 0 Å². The van der Waals surface area contributed by atoms with Crippen molar-refractivity contribution in [3.63, 3.8) is 0 Å². The van der Waals surface area contributed by atoms with Gasteiger partial charge in [0.2, 0.25) is 0 Å². The van der Waals surface area contributed by atoms with E-state index in [9.17, 15) is 19.5 Å². The average molecular weight is 481 g/mol. The van der Waals surface area contributed by atoms with E-state index in [4.69, 9.17) is 0 Å². The number of para-hydroxylation sites is 1. The number of hydrogen-bond donors (Lipinski definition) is 3. The number of phenolic OH excluding ortho intramolecular Hbond substituents is 1. The summed E-state index contributed by atoms with van der Waals surface area (Å²) in [5.41, 5.74) is 1.42. The smallest absolute Gasteiger partial charge is 0.253 e. The second kappa shape index (κ2) is 12.7. The molecule has 0 saturated carbocycles. The van der Waals surface area contributed by atoms with Crippen molar-refractivity contribution in [2.45, 2.75) is 33.2 Å². The van der Waals surface area contributed by atoms with Crippen LogP contribution >= 0.6 is 0 Å². The number of aromatic hydroxyl groups is 1. The van der Waals surface area contributed by atoms with Crippen LogP contribution in [0.25, 0.3) is 0 Å². The highest BCUT2D eigenvalue weighted by Crippen LogP contribution is 2.32. The van der Waals surface area contributed by atoms with Gasteiger partial charge < -0.3 is 25.5 Å². The molecule has 0 amide bonds. The number of phenols is 1. The first-order valence-electron chi connectivity index (χ1n) is 11.8. The monoisotopic (exact) mass is 480 g/mol. The lowest BCUT2D eigenvalue weighted by atomic mass is 10.0. The molecule has 188 valence electrons. The highest BCUT2D eigenvalue weighted by atomic mass is 16.3. The van der Waals surface area contributed by atoms with E-state index in [1.54, 1.807) is 6.07 Å². The first kappa shape index (κ1) is 27.6. The first-order valence-corrected chi connectivity index (χ1v) is 11.8. The van der Waals surface area contributed by atoms with Crippen LogP contribution in [0.5, 0.6) is 5.75 Å². The molecule has 0 heterocycles. The summed E-state index contributed by atoms with van der Waals surface area (Å²) in [7, 11) is 6.00. The van der Waals surface area contributed by atoms with Gasteiger partial charge in [0, 0.05) is 18.8 Å². The molecule has 0 aliphatic carbocycles. The van der Waals surface area contributed by atoms with E-state index in [2.05, 4.69) is 41.5 Å². The minimum absolute atomic E-state index is 0.0848. The van der Waals surface area contributed by atoms with Crippen LogP contribution in [0.4, 0.5) is 22.7 Å². The Hall–Kier alpha value is -3.65. The molecule has 1 atom stereocenters. The highest BCUT2D eigenvalue weighted by Gasteiger charge is 2.24. The van der Waals surface area contributed by atoms with Crippen molar-refractivity contribution in [2.75, 3.05) is 49.8 Å². The lowest BCUT2D eigenvalue weighted by molar-refractivity contribution is 0.112. The van der Waals surface area contributed by atoms with E-state index in [-0.39, 0.29) is 34.4 Å². The van der Waals surface area contributed by atoms with Gasteiger partial charge in [-0.05, 0) is 71.2 Å². The zero-order valence-corrected chi connectivity index (χ0v) is 21.4. The molecule has 35 heavy (non-hydrogen) atoms. The summed E-state index contributed by atoms with van der Waals surface area (Å²) in [4.78, 5) is 39.7. The molecule has 0 aliphatic heterocycles. The predicted molar refractivity (Wildman–Crippen MR) is 144 cm³/mol. The molecule has 3 N–H and O–H groups in total. The van der Waals surface area contributed by atoms with E-state index in [0.717, 1.165) is 24.3 Å². The Morgan fingerprint density at radius 3 is 2.00 bits per heavy atom. The Labute approximate surface area is 206 Å². The van der Waals surface area contributed by atoms with Crippen LogP contribution < -0.4 is 26.4 Å². The number of anilines is 4. The van der Waals surface area contributed by atoms with Crippen molar-refractivity contribution in [3.8, 4) is 5.75 Å². The zero-order valence-electron chi connectivity index (χ0n) is 21.4. The summed E-state index contributed by atoms with van der Waals surface area (Å²) >= 11 is 0. The third kappa shape index (κ3) is 6.70. The highest BCUT2D eigenvalue weighted by molar-refractivity contribution is 5.87. The molecular weight excluding hydrogens is 444 g/mol. The van der Waals surface area contributed by atoms with Gasteiger partial charge >= 0.3 is 0 Å². The first-order chi connectivity index (χ1) is 16.7. The average Bonchev–Trinajstić information content (AvgIpc) is 2.85. The number of aldehydes is 1. The number of rotatable bonds is 10. The van der Waals surface area contributed by atoms with Gasteiger partial charge in [-0.3, -0.25) is 14.4 Å². The van der Waals surface area contributed by atoms with Crippen molar-refractivity contribution in [2.24, 2.45) is 0 Å². The molecule has 3 aromatic carbocycles. The number of carbonyl (C=O) groups is 1. The molecule has 3 aromatic rings. The number of carbonyl (C=O) groups excluding carboxylic acids is 1. The fourth-order valence-electron chi connectivity index (χ4n) is 3.64. The van der Waals surface area contributed by atoms with Gasteiger partial charge in [-0.15, -0.1) is 0 Å². The quantitative estimate of drug-likeness (QED) is 0.226. The molecule has 0 saturated heterocycles. The molecule has 8 heteroatoms. The maximum Gasteiger partial charge on any atom is 0.253 e. The van der Waals surface area contributed by atoms with Gasteiger partial charge in [0.05, 0.1) is 17.3 Å². The van der Waals surface area contributed by atoms with Crippen LogP contribution in [0.1, 0.15) is 49.2 Å². The minimum atomic E-state index is -0.662. The minimum Gasteiger partial charge on any atom is -0.505 e. The van der Waals surface area contributed by atoms with Gasteiger partial charge in [0.25, 0.3) is 10.9 Å². The molecule has 0 aliphatic rings. The summed E-state index contributed by atoms with van der Waals surface area (Å²) in [6, 6.07) is 12.6. The van der Waals surface area contributed by atoms with Crippen LogP contribution in [-0.2, 0) is 0 Å². The fourth-order valence-corrected chi connectivity index (χ4v) is 3.64. The molecule has 0 fully saturated rings. The third-order valence-electron chi connectivity index (χ3n) is 5.52. The molecule has 0 bridgehead atoms. The Bertz CT molecular complexity index is 1170. The predicted octanol–water partition coefficient (Wildman–Crippen LogP) is 4.13. The molecule has 0 radical (unpaired) electrons. The summed E-state index contributed by atoms with van der Waals surface area (Å²) in [6.07, 6.45) is 1.23. The lowest BCUT2D eigenvalue weighted by Crippen LogP contribution is -2.37. The molecular formula is C27H36N4O4. The Morgan fingerprint density at radius 2 is 1.49 bits per heavy atom. The molecule has 1 unspecified atom stereocenters. The van der Waals surface area contributed by atoms with Crippen LogP contribution in [-0.4, -0.2) is 50.5 Å². The van der Waals surface area contributed by atoms with Crippen molar-refractivity contribution in [3.05, 3.63) is 74.0 Å². The molecule has 3 rings (SSSR count). The van der Waals surface area contributed by atoms with Gasteiger partial charge in [0.15, 0.2) is 6.29 Å². The summed E-state index contributed by atoms with van der Waals surface area (Å²) in [5, 5.41) is 16.2. The maximum atomic E-state index is 12.2. The summed E-state index contributed by atoms with van der Waals surface area (Å²) < 4.78 is 0. The van der Waals surface area contributed by atoms with Gasteiger partial charge in [-0.2, -0.15) is 0 Å². The second-order valence-electron chi connectivity index (χ2n) is 8.61. The standard InChI is InChI=1S/C24H27N3O4.C3H9N/c1-4-18(15-10-12-17(13-11-15)27(5-2)6-3)25-20-21(24(31)23(20)30)26-19-9-7-8-16(14-28)22(19)29;1-4(2)3/h7-14,18,25-26,29H,4-6H2,1-3H3;1-3H3. The SMILES string of the molecule is CCC(Nc1c(Nc2cccc(C=O)c2O)c(=O)c1=O)c1ccc(N(CC)CC)cc1.CN(C)C. The Morgan fingerprint density at radius 1 is 0.914 bits per heavy atom. The van der Waals surface area contributed by atoms with Crippen molar-refractivity contribution >= 4 is 29.0 Å². The summed E-state index contributed by atoms with van der Waals surface area (Å²) in [5.74, 6) is -0.268. The van der Waals surface area contributed by atoms with Gasteiger partial charge in [-0.1, -0.05) is 25.1 Å². The van der Waals surface area contributed by atoms with E-state index < -0.39 is 10.9 Å². The third-order valence-corrected chi connectivity index (χ3v) is 5.52. The normalized spacial score (nSPS) is 11.5. The van der Waals surface area contributed by atoms with Crippen LogP contribution in [0.15, 0.2) is 52.1 Å². The van der Waals surface area contributed by atoms with Crippen molar-refractivity contribution < 1.29 is 9.90 Å². The second-order valence-corrected chi connectivity index (χ2v) is 8.61. The number of hydrogen-bond acceptors (Lipinski definition) is 8. The number of benzene rings is 2. The van der Waals surface area contributed by atoms with Crippen molar-refractivity contribution in [1.29, 1.82) is 0 Å². The lowest BCUT2D eigenvalue weighted by Gasteiger charge is -2.24. The van der Waals surface area contributed by atoms with Crippen LogP contribution in [0.3, 0.4) is 0 Å². The topological polar surface area (TPSA) is 102 Å². The largest absolute Gasteiger partial charge is 0.505 e. The van der Waals surface area contributed by atoms with E-state index in [1.165, 1.54) is 12.1 Å². The van der Waals surface area contributed by atoms with Gasteiger partial charge in [0.1, 0.15) is 17.1 Å².